The minimum Gasteiger partial charge on any atom is -0.493 e. The Bertz CT molecular complexity index is 793. The molecule has 6 heteroatoms. The molecule has 1 saturated carbocycles. The van der Waals surface area contributed by atoms with Gasteiger partial charge < -0.3 is 23.8 Å². The summed E-state index contributed by atoms with van der Waals surface area (Å²) in [5.74, 6) is 1.74. The van der Waals surface area contributed by atoms with Crippen LogP contribution < -0.4 is 9.47 Å². The zero-order valence-electron chi connectivity index (χ0n) is 15.2. The maximum Gasteiger partial charge on any atom is 0.206 e. The number of methoxy groups -OCH3 is 1. The van der Waals surface area contributed by atoms with Crippen LogP contribution in [0.25, 0.3) is 0 Å². The zero-order chi connectivity index (χ0) is 17.7. The van der Waals surface area contributed by atoms with Crippen molar-refractivity contribution >= 4 is 15.9 Å². The Balaban J connectivity index is 1.64. The molecule has 2 saturated heterocycles. The van der Waals surface area contributed by atoms with Gasteiger partial charge in [0.25, 0.3) is 0 Å². The first-order valence-corrected chi connectivity index (χ1v) is 10.4. The average molecular weight is 422 g/mol. The largest absolute Gasteiger partial charge is 0.493 e. The molecule has 6 rings (SSSR count). The third kappa shape index (κ3) is 1.69. The number of likely N-dealkylation sites (N-methyl/N-ethyl adjacent to an activating group) is 1. The smallest absolute Gasteiger partial charge is 0.206 e. The molecular formula is C20H24BrNO4. The quantitative estimate of drug-likeness (QED) is 0.696. The van der Waals surface area contributed by atoms with Gasteiger partial charge in [0.1, 0.15) is 0 Å². The number of likely N-dealkylation sites (tertiary alicyclic amines) is 1. The van der Waals surface area contributed by atoms with Gasteiger partial charge in [-0.3, -0.25) is 0 Å². The molecule has 2 bridgehead atoms. The Hall–Kier alpha value is -0.820. The van der Waals surface area contributed by atoms with Crippen LogP contribution in [0.3, 0.4) is 0 Å². The number of hydrogen-bond acceptors (Lipinski definition) is 5. The lowest BCUT2D eigenvalue weighted by atomic mass is 9.50. The van der Waals surface area contributed by atoms with E-state index >= 15 is 0 Å². The van der Waals surface area contributed by atoms with Crippen molar-refractivity contribution in [3.63, 3.8) is 0 Å². The molecule has 3 heterocycles. The Labute approximate surface area is 162 Å². The van der Waals surface area contributed by atoms with Crippen LogP contribution in [-0.4, -0.2) is 56.7 Å². The van der Waals surface area contributed by atoms with E-state index < -0.39 is 5.79 Å². The molecule has 26 heavy (non-hydrogen) atoms. The summed E-state index contributed by atoms with van der Waals surface area (Å²) in [6.07, 6.45) is 4.12. The normalized spacial score (nSPS) is 39.0. The third-order valence-electron chi connectivity index (χ3n) is 7.65. The number of halogens is 1. The molecule has 2 aliphatic carbocycles. The molecule has 0 radical (unpaired) electrons. The van der Waals surface area contributed by atoms with Gasteiger partial charge >= 0.3 is 0 Å². The van der Waals surface area contributed by atoms with E-state index in [1.54, 1.807) is 7.11 Å². The fourth-order valence-corrected chi connectivity index (χ4v) is 7.22. The van der Waals surface area contributed by atoms with E-state index in [4.69, 9.17) is 18.9 Å². The second-order valence-electron chi connectivity index (χ2n) is 8.44. The maximum absolute atomic E-state index is 6.71. The van der Waals surface area contributed by atoms with Crippen LogP contribution in [0.5, 0.6) is 11.5 Å². The molecule has 1 aromatic rings. The Kier molecular flexibility index (Phi) is 3.21. The van der Waals surface area contributed by atoms with Crippen LogP contribution in [0.15, 0.2) is 10.5 Å². The number of piperidine rings is 1. The van der Waals surface area contributed by atoms with Crippen molar-refractivity contribution in [2.75, 3.05) is 33.9 Å². The molecule has 140 valence electrons. The van der Waals surface area contributed by atoms with Crippen molar-refractivity contribution in [3.05, 3.63) is 21.7 Å². The molecule has 0 amide bonds. The Morgan fingerprint density at radius 2 is 2.08 bits per heavy atom. The summed E-state index contributed by atoms with van der Waals surface area (Å²) in [5.41, 5.74) is 2.74. The van der Waals surface area contributed by atoms with Gasteiger partial charge in [-0.2, -0.15) is 0 Å². The molecule has 3 fully saturated rings. The highest BCUT2D eigenvalue weighted by Crippen LogP contribution is 2.67. The number of fused-ring (bicyclic) bond motifs is 1. The molecule has 5 nitrogen and oxygen atoms in total. The monoisotopic (exact) mass is 421 g/mol. The number of benzene rings is 1. The van der Waals surface area contributed by atoms with Gasteiger partial charge in [-0.05, 0) is 50.4 Å². The summed E-state index contributed by atoms with van der Waals surface area (Å²) in [5, 5.41) is 0. The van der Waals surface area contributed by atoms with Crippen molar-refractivity contribution in [2.24, 2.45) is 5.92 Å². The van der Waals surface area contributed by atoms with Crippen LogP contribution in [0, 0.1) is 5.92 Å². The van der Waals surface area contributed by atoms with Crippen LogP contribution >= 0.6 is 15.9 Å². The lowest BCUT2D eigenvalue weighted by Crippen LogP contribution is -2.70. The molecule has 0 N–H and O–H groups in total. The standard InChI is InChI=1S/C20H24BrNO4/c1-22-6-5-19-12-3-4-20(24-7-8-25-20)18(19)26-17-15(23-2)10-13(21)11(16(17)19)9-14(12)22/h10,12,14,18H,3-9H2,1-2H3. The van der Waals surface area contributed by atoms with Crippen LogP contribution in [0.1, 0.15) is 30.4 Å². The van der Waals surface area contributed by atoms with Gasteiger partial charge in [0.05, 0.1) is 20.3 Å². The first kappa shape index (κ1) is 16.2. The lowest BCUT2D eigenvalue weighted by molar-refractivity contribution is -0.260. The highest BCUT2D eigenvalue weighted by Gasteiger charge is 2.71. The van der Waals surface area contributed by atoms with E-state index in [2.05, 4.69) is 33.9 Å². The third-order valence-corrected chi connectivity index (χ3v) is 8.36. The zero-order valence-corrected chi connectivity index (χ0v) is 16.8. The van der Waals surface area contributed by atoms with Gasteiger partial charge in [-0.25, -0.2) is 0 Å². The highest BCUT2D eigenvalue weighted by molar-refractivity contribution is 9.10. The average Bonchev–Trinajstić information content (AvgIpc) is 3.24. The van der Waals surface area contributed by atoms with Crippen molar-refractivity contribution in [1.29, 1.82) is 0 Å². The number of ether oxygens (including phenoxy) is 4. The maximum atomic E-state index is 6.71. The molecule has 2 spiro atoms. The fraction of sp³-hybridized carbons (Fsp3) is 0.700. The van der Waals surface area contributed by atoms with E-state index in [-0.39, 0.29) is 11.5 Å². The molecule has 3 aliphatic heterocycles. The predicted octanol–water partition coefficient (Wildman–Crippen LogP) is 2.87. The second kappa shape index (κ2) is 5.16. The SMILES string of the molecule is COc1cc(Br)c2c3c1OC1C4(CCC5C(C2)N(C)CCC351)OCCO4. The van der Waals surface area contributed by atoms with E-state index in [1.807, 2.05) is 0 Å². The summed E-state index contributed by atoms with van der Waals surface area (Å²) in [7, 11) is 4.00. The second-order valence-corrected chi connectivity index (χ2v) is 9.29. The first-order chi connectivity index (χ1) is 12.6. The van der Waals surface area contributed by atoms with Crippen molar-refractivity contribution in [2.45, 2.75) is 49.0 Å². The van der Waals surface area contributed by atoms with Crippen LogP contribution in [-0.2, 0) is 21.3 Å². The number of hydrogen-bond donors (Lipinski definition) is 0. The van der Waals surface area contributed by atoms with E-state index in [0.717, 1.165) is 48.2 Å². The minimum absolute atomic E-state index is 0.0280. The molecule has 5 aliphatic rings. The number of nitrogens with zero attached hydrogens (tertiary/aromatic N) is 1. The predicted molar refractivity (Wildman–Crippen MR) is 98.9 cm³/mol. The fourth-order valence-electron chi connectivity index (χ4n) is 6.65. The van der Waals surface area contributed by atoms with E-state index in [9.17, 15) is 0 Å². The summed E-state index contributed by atoms with van der Waals surface area (Å²) in [6.45, 7) is 2.41. The molecule has 4 atom stereocenters. The Morgan fingerprint density at radius 1 is 1.27 bits per heavy atom. The lowest BCUT2D eigenvalue weighted by Gasteiger charge is -2.60. The van der Waals surface area contributed by atoms with Crippen molar-refractivity contribution in [3.8, 4) is 11.5 Å². The summed E-state index contributed by atoms with van der Waals surface area (Å²) < 4.78 is 26.1. The summed E-state index contributed by atoms with van der Waals surface area (Å²) in [6, 6.07) is 2.62. The first-order valence-electron chi connectivity index (χ1n) is 9.65. The number of rotatable bonds is 1. The van der Waals surface area contributed by atoms with Gasteiger partial charge in [0.15, 0.2) is 17.6 Å². The van der Waals surface area contributed by atoms with Gasteiger partial charge in [0, 0.05) is 27.9 Å². The summed E-state index contributed by atoms with van der Waals surface area (Å²) >= 11 is 3.83. The van der Waals surface area contributed by atoms with Crippen LogP contribution in [0.2, 0.25) is 0 Å². The van der Waals surface area contributed by atoms with Crippen molar-refractivity contribution in [1.82, 2.24) is 4.90 Å². The van der Waals surface area contributed by atoms with Gasteiger partial charge in [0.2, 0.25) is 5.79 Å². The van der Waals surface area contributed by atoms with Crippen molar-refractivity contribution < 1.29 is 18.9 Å². The minimum atomic E-state index is -0.595. The molecular weight excluding hydrogens is 398 g/mol. The topological polar surface area (TPSA) is 40.2 Å². The Morgan fingerprint density at radius 3 is 2.85 bits per heavy atom. The highest BCUT2D eigenvalue weighted by atomic mass is 79.9. The van der Waals surface area contributed by atoms with Gasteiger partial charge in [-0.1, -0.05) is 15.9 Å². The molecule has 4 unspecified atom stereocenters. The van der Waals surface area contributed by atoms with Gasteiger partial charge in [-0.15, -0.1) is 0 Å². The van der Waals surface area contributed by atoms with E-state index in [0.29, 0.717) is 25.2 Å². The molecule has 1 aromatic carbocycles. The molecule has 0 aromatic heterocycles. The van der Waals surface area contributed by atoms with Crippen LogP contribution in [0.4, 0.5) is 0 Å². The summed E-state index contributed by atoms with van der Waals surface area (Å²) in [4.78, 5) is 2.55. The van der Waals surface area contributed by atoms with E-state index in [1.165, 1.54) is 11.1 Å².